The highest BCUT2D eigenvalue weighted by atomic mass is 35.5. The Labute approximate surface area is 126 Å². The normalized spacial score (nSPS) is 22.3. The molecule has 1 atom stereocenters. The van der Waals surface area contributed by atoms with Crippen molar-refractivity contribution < 1.29 is 18.0 Å². The van der Waals surface area contributed by atoms with E-state index in [1.807, 2.05) is 0 Å². The van der Waals surface area contributed by atoms with Crippen molar-refractivity contribution in [3.05, 3.63) is 34.9 Å². The Kier molecular flexibility index (Phi) is 4.49. The Hall–Kier alpha value is -1.27. The van der Waals surface area contributed by atoms with E-state index in [1.165, 1.54) is 7.05 Å². The largest absolute Gasteiger partial charge is 0.404 e. The molecule has 0 saturated carbocycles. The number of rotatable bonds is 3. The number of nitrogens with one attached hydrogen (secondary N) is 1. The molecule has 3 nitrogen and oxygen atoms in total. The van der Waals surface area contributed by atoms with E-state index in [0.29, 0.717) is 5.02 Å². The minimum absolute atomic E-state index is 0.119. The average Bonchev–Trinajstić information content (AvgIpc) is 2.90. The number of carbonyl (C=O) groups is 1. The van der Waals surface area contributed by atoms with E-state index in [0.717, 1.165) is 10.5 Å². The van der Waals surface area contributed by atoms with Gasteiger partial charge in [-0.3, -0.25) is 4.79 Å². The first kappa shape index (κ1) is 16.1. The summed E-state index contributed by atoms with van der Waals surface area (Å²) in [6.45, 7) is -0.0475. The molecule has 116 valence electrons. The Morgan fingerprint density at radius 2 is 2.00 bits per heavy atom. The molecular formula is C14H16ClF3N2O. The number of alkyl halides is 3. The minimum atomic E-state index is -4.55. The first-order valence-corrected chi connectivity index (χ1v) is 6.91. The molecule has 1 aliphatic heterocycles. The van der Waals surface area contributed by atoms with Gasteiger partial charge < -0.3 is 10.2 Å². The fraction of sp³-hybridized carbons (Fsp3) is 0.500. The summed E-state index contributed by atoms with van der Waals surface area (Å²) >= 11 is 5.76. The van der Waals surface area contributed by atoms with Crippen molar-refractivity contribution in [2.45, 2.75) is 19.1 Å². The van der Waals surface area contributed by atoms with E-state index in [1.54, 1.807) is 24.3 Å². The zero-order valence-electron chi connectivity index (χ0n) is 11.5. The number of nitrogens with zero attached hydrogens (tertiary/aromatic N) is 1. The highest BCUT2D eigenvalue weighted by Crippen LogP contribution is 2.44. The molecule has 0 spiro atoms. The summed E-state index contributed by atoms with van der Waals surface area (Å²) < 4.78 is 39.9. The second-order valence-electron chi connectivity index (χ2n) is 5.29. The third-order valence-corrected chi connectivity index (χ3v) is 4.04. The summed E-state index contributed by atoms with van der Waals surface area (Å²) in [6, 6.07) is 6.68. The number of carbonyl (C=O) groups excluding carboxylic acids is 1. The predicted octanol–water partition coefficient (Wildman–Crippen LogP) is 2.84. The predicted molar refractivity (Wildman–Crippen MR) is 73.9 cm³/mol. The quantitative estimate of drug-likeness (QED) is 0.929. The van der Waals surface area contributed by atoms with E-state index >= 15 is 0 Å². The van der Waals surface area contributed by atoms with E-state index in [4.69, 9.17) is 11.6 Å². The third kappa shape index (κ3) is 3.16. The fourth-order valence-electron chi connectivity index (χ4n) is 2.54. The smallest absolute Gasteiger partial charge is 0.341 e. The number of hydrogen-bond donors (Lipinski definition) is 1. The van der Waals surface area contributed by atoms with Crippen LogP contribution in [0.2, 0.25) is 5.02 Å². The summed E-state index contributed by atoms with van der Waals surface area (Å²) in [4.78, 5) is 13.5. The SMILES string of the molecule is CN(Cc1ccc(Cl)cc1)C(=O)C1(C(F)(F)F)CCNC1. The van der Waals surface area contributed by atoms with Gasteiger partial charge in [0.05, 0.1) is 0 Å². The van der Waals surface area contributed by atoms with Gasteiger partial charge in [0.25, 0.3) is 0 Å². The van der Waals surface area contributed by atoms with Gasteiger partial charge in [0.2, 0.25) is 5.91 Å². The van der Waals surface area contributed by atoms with E-state index in [9.17, 15) is 18.0 Å². The number of hydrogen-bond acceptors (Lipinski definition) is 2. The summed E-state index contributed by atoms with van der Waals surface area (Å²) in [5.74, 6) is -0.894. The van der Waals surface area contributed by atoms with Gasteiger partial charge in [-0.2, -0.15) is 13.2 Å². The van der Waals surface area contributed by atoms with Gasteiger partial charge in [0.15, 0.2) is 5.41 Å². The first-order chi connectivity index (χ1) is 9.76. The van der Waals surface area contributed by atoms with Gasteiger partial charge in [-0.05, 0) is 30.7 Å². The molecule has 1 aliphatic rings. The highest BCUT2D eigenvalue weighted by Gasteiger charge is 2.62. The highest BCUT2D eigenvalue weighted by molar-refractivity contribution is 6.30. The van der Waals surface area contributed by atoms with Crippen molar-refractivity contribution >= 4 is 17.5 Å². The maximum Gasteiger partial charge on any atom is 0.404 e. The summed E-state index contributed by atoms with van der Waals surface area (Å²) in [5, 5.41) is 3.18. The van der Waals surface area contributed by atoms with Crippen LogP contribution in [0.4, 0.5) is 13.2 Å². The maximum atomic E-state index is 13.3. The van der Waals surface area contributed by atoms with Gasteiger partial charge in [0, 0.05) is 25.2 Å². The van der Waals surface area contributed by atoms with Gasteiger partial charge in [0.1, 0.15) is 0 Å². The zero-order valence-corrected chi connectivity index (χ0v) is 12.3. The Bertz CT molecular complexity index is 510. The molecule has 1 N–H and O–H groups in total. The molecule has 21 heavy (non-hydrogen) atoms. The molecule has 2 rings (SSSR count). The summed E-state index contributed by atoms with van der Waals surface area (Å²) in [5.41, 5.74) is -1.58. The fourth-order valence-corrected chi connectivity index (χ4v) is 2.66. The molecule has 0 aromatic heterocycles. The topological polar surface area (TPSA) is 32.3 Å². The second kappa shape index (κ2) is 5.85. The molecule has 1 heterocycles. The lowest BCUT2D eigenvalue weighted by Gasteiger charge is -2.33. The van der Waals surface area contributed by atoms with Crippen LogP contribution in [0.5, 0.6) is 0 Å². The lowest BCUT2D eigenvalue weighted by atomic mass is 9.84. The standard InChI is InChI=1S/C14H16ClF3N2O/c1-20(8-10-2-4-11(15)5-3-10)12(21)13(14(16,17)18)6-7-19-9-13/h2-5,19H,6-9H2,1H3. The van der Waals surface area contributed by atoms with Crippen LogP contribution < -0.4 is 5.32 Å². The van der Waals surface area contributed by atoms with Crippen molar-refractivity contribution in [1.29, 1.82) is 0 Å². The molecule has 0 radical (unpaired) electrons. The van der Waals surface area contributed by atoms with Crippen LogP contribution in [0.25, 0.3) is 0 Å². The van der Waals surface area contributed by atoms with Crippen molar-refractivity contribution in [1.82, 2.24) is 10.2 Å². The number of benzene rings is 1. The number of halogens is 4. The Morgan fingerprint density at radius 3 is 2.48 bits per heavy atom. The van der Waals surface area contributed by atoms with Crippen LogP contribution in [0.15, 0.2) is 24.3 Å². The summed E-state index contributed by atoms with van der Waals surface area (Å²) in [6.07, 6.45) is -4.78. The third-order valence-electron chi connectivity index (χ3n) is 3.79. The maximum absolute atomic E-state index is 13.3. The van der Waals surface area contributed by atoms with Gasteiger partial charge >= 0.3 is 6.18 Å². The molecule has 1 amide bonds. The molecule has 1 aromatic rings. The molecule has 1 fully saturated rings. The lowest BCUT2D eigenvalue weighted by molar-refractivity contribution is -0.221. The molecule has 7 heteroatoms. The summed E-state index contributed by atoms with van der Waals surface area (Å²) in [7, 11) is 1.39. The van der Waals surface area contributed by atoms with E-state index in [-0.39, 0.29) is 26.1 Å². The van der Waals surface area contributed by atoms with Crippen LogP contribution >= 0.6 is 11.6 Å². The molecular weight excluding hydrogens is 305 g/mol. The molecule has 0 bridgehead atoms. The van der Waals surface area contributed by atoms with Crippen LogP contribution in [-0.2, 0) is 11.3 Å². The van der Waals surface area contributed by atoms with Crippen LogP contribution in [-0.4, -0.2) is 37.1 Å². The van der Waals surface area contributed by atoms with Crippen LogP contribution in [0, 0.1) is 5.41 Å². The minimum Gasteiger partial charge on any atom is -0.341 e. The molecule has 0 aliphatic carbocycles. The second-order valence-corrected chi connectivity index (χ2v) is 5.73. The van der Waals surface area contributed by atoms with Crippen molar-refractivity contribution in [3.8, 4) is 0 Å². The van der Waals surface area contributed by atoms with E-state index in [2.05, 4.69) is 5.32 Å². The van der Waals surface area contributed by atoms with E-state index < -0.39 is 17.5 Å². The van der Waals surface area contributed by atoms with Crippen LogP contribution in [0.1, 0.15) is 12.0 Å². The average molecular weight is 321 g/mol. The van der Waals surface area contributed by atoms with Gasteiger partial charge in [-0.1, -0.05) is 23.7 Å². The van der Waals surface area contributed by atoms with Gasteiger partial charge in [-0.25, -0.2) is 0 Å². The Balaban J connectivity index is 2.15. The first-order valence-electron chi connectivity index (χ1n) is 6.54. The molecule has 1 aromatic carbocycles. The van der Waals surface area contributed by atoms with Crippen molar-refractivity contribution in [2.75, 3.05) is 20.1 Å². The monoisotopic (exact) mass is 320 g/mol. The van der Waals surface area contributed by atoms with Crippen molar-refractivity contribution in [2.24, 2.45) is 5.41 Å². The molecule has 1 unspecified atom stereocenters. The molecule has 1 saturated heterocycles. The van der Waals surface area contributed by atoms with Crippen LogP contribution in [0.3, 0.4) is 0 Å². The van der Waals surface area contributed by atoms with Crippen molar-refractivity contribution in [3.63, 3.8) is 0 Å². The zero-order chi connectivity index (χ0) is 15.7. The Morgan fingerprint density at radius 1 is 1.38 bits per heavy atom. The van der Waals surface area contributed by atoms with Gasteiger partial charge in [-0.15, -0.1) is 0 Å². The lowest BCUT2D eigenvalue weighted by Crippen LogP contribution is -2.52. The number of amides is 1.